The number of benzene rings is 1. The maximum Gasteiger partial charge on any atom is 0.263 e. The predicted octanol–water partition coefficient (Wildman–Crippen LogP) is -0.0313. The normalized spacial score (nSPS) is 18.5. The van der Waals surface area contributed by atoms with Crippen LogP contribution in [0.1, 0.15) is 25.3 Å². The Morgan fingerprint density at radius 3 is 2.86 bits per heavy atom. The summed E-state index contributed by atoms with van der Waals surface area (Å²) < 4.78 is 26.2. The lowest BCUT2D eigenvalue weighted by atomic mass is 10.2. The van der Waals surface area contributed by atoms with Crippen LogP contribution in [0.3, 0.4) is 0 Å². The Bertz CT molecular complexity index is 685. The number of carbonyl (C=O) groups is 1. The molecule has 120 valence electrons. The monoisotopic (exact) mass is 324 g/mol. The molecule has 22 heavy (non-hydrogen) atoms. The second-order valence-corrected chi connectivity index (χ2v) is 6.79. The molecule has 0 saturated heterocycles. The van der Waals surface area contributed by atoms with Crippen molar-refractivity contribution in [2.24, 2.45) is 10.7 Å². The highest BCUT2D eigenvalue weighted by atomic mass is 32.2. The van der Waals surface area contributed by atoms with E-state index in [4.69, 9.17) is 5.73 Å². The molecule has 1 aromatic carbocycles. The number of nitrogens with one attached hydrogen (secondary N) is 2. The topological polar surface area (TPSA) is 114 Å². The van der Waals surface area contributed by atoms with Gasteiger partial charge in [0.15, 0.2) is 0 Å². The average Bonchev–Trinajstić information content (AvgIpc) is 2.75. The molecule has 1 aliphatic rings. The van der Waals surface area contributed by atoms with Crippen molar-refractivity contribution < 1.29 is 13.2 Å². The number of amidine groups is 1. The van der Waals surface area contributed by atoms with Gasteiger partial charge in [0, 0.05) is 31.1 Å². The van der Waals surface area contributed by atoms with Crippen LogP contribution in [-0.2, 0) is 14.8 Å². The van der Waals surface area contributed by atoms with Crippen molar-refractivity contribution in [2.75, 3.05) is 13.1 Å². The molecular weight excluding hydrogens is 304 g/mol. The van der Waals surface area contributed by atoms with E-state index < -0.39 is 10.0 Å². The highest BCUT2D eigenvalue weighted by Crippen LogP contribution is 2.22. The minimum absolute atomic E-state index is 0.0488. The molecule has 0 unspecified atom stereocenters. The Labute approximate surface area is 130 Å². The number of nitrogens with two attached hydrogens (primary N) is 1. The Kier molecular flexibility index (Phi) is 5.15. The van der Waals surface area contributed by atoms with Crippen molar-refractivity contribution in [3.8, 4) is 0 Å². The van der Waals surface area contributed by atoms with Crippen molar-refractivity contribution in [1.82, 2.24) is 10.0 Å². The van der Waals surface area contributed by atoms with E-state index in [1.165, 1.54) is 0 Å². The first-order chi connectivity index (χ1) is 10.4. The van der Waals surface area contributed by atoms with Gasteiger partial charge in [-0.05, 0) is 25.5 Å². The molecule has 1 amide bonds. The van der Waals surface area contributed by atoms with E-state index in [-0.39, 0.29) is 16.8 Å². The molecular formula is C14H20N4O3S. The van der Waals surface area contributed by atoms with E-state index in [1.54, 1.807) is 24.3 Å². The van der Waals surface area contributed by atoms with E-state index in [0.717, 1.165) is 0 Å². The van der Waals surface area contributed by atoms with Crippen LogP contribution >= 0.6 is 0 Å². The third-order valence-electron chi connectivity index (χ3n) is 3.26. The van der Waals surface area contributed by atoms with Crippen LogP contribution in [0.2, 0.25) is 0 Å². The molecule has 0 saturated carbocycles. The Balaban J connectivity index is 1.92. The van der Waals surface area contributed by atoms with Crippen molar-refractivity contribution in [3.63, 3.8) is 0 Å². The highest BCUT2D eigenvalue weighted by molar-refractivity contribution is 7.90. The van der Waals surface area contributed by atoms with Crippen LogP contribution in [0.4, 0.5) is 0 Å². The lowest BCUT2D eigenvalue weighted by Crippen LogP contribution is -2.37. The van der Waals surface area contributed by atoms with Crippen LogP contribution in [0, 0.1) is 0 Å². The van der Waals surface area contributed by atoms with Gasteiger partial charge in [-0.15, -0.1) is 0 Å². The van der Waals surface area contributed by atoms with E-state index >= 15 is 0 Å². The summed E-state index contributed by atoms with van der Waals surface area (Å²) in [6, 6.07) is 6.64. The van der Waals surface area contributed by atoms with Gasteiger partial charge in [0.1, 0.15) is 5.84 Å². The van der Waals surface area contributed by atoms with Crippen LogP contribution in [0.5, 0.6) is 0 Å². The molecule has 0 aliphatic carbocycles. The average molecular weight is 324 g/mol. The Hall–Kier alpha value is -1.93. The molecule has 1 heterocycles. The van der Waals surface area contributed by atoms with Gasteiger partial charge < -0.3 is 11.1 Å². The van der Waals surface area contributed by atoms with Crippen molar-refractivity contribution >= 4 is 21.8 Å². The van der Waals surface area contributed by atoms with E-state index in [9.17, 15) is 13.2 Å². The zero-order valence-corrected chi connectivity index (χ0v) is 13.2. The van der Waals surface area contributed by atoms with Crippen LogP contribution in [0.25, 0.3) is 0 Å². The maximum absolute atomic E-state index is 11.9. The molecule has 0 aromatic heterocycles. The van der Waals surface area contributed by atoms with Crippen LogP contribution in [0.15, 0.2) is 34.2 Å². The zero-order chi connectivity index (χ0) is 16.2. The predicted molar refractivity (Wildman–Crippen MR) is 84.1 cm³/mol. The van der Waals surface area contributed by atoms with Gasteiger partial charge >= 0.3 is 0 Å². The summed E-state index contributed by atoms with van der Waals surface area (Å²) in [4.78, 5) is 16.1. The number of amides is 1. The summed E-state index contributed by atoms with van der Waals surface area (Å²) in [5.74, 6) is 0.261. The number of sulfonamides is 1. The van der Waals surface area contributed by atoms with Crippen molar-refractivity contribution in [1.29, 1.82) is 0 Å². The first-order valence-corrected chi connectivity index (χ1v) is 8.58. The first kappa shape index (κ1) is 16.4. The van der Waals surface area contributed by atoms with Crippen molar-refractivity contribution in [3.05, 3.63) is 29.8 Å². The fourth-order valence-electron chi connectivity index (χ4n) is 2.09. The standard InChI is InChI=1S/C14H20N4O3S/c1-10(9-15)17-13(19)7-4-8-16-14-11-5-2-3-6-12(11)22(20,21)18-14/h2-3,5-6,10H,4,7-9,15H2,1H3,(H,16,18)(H,17,19)/t10-/m0/s1. The van der Waals surface area contributed by atoms with Crippen LogP contribution in [-0.4, -0.2) is 39.3 Å². The SMILES string of the molecule is C[C@@H](CN)NC(=O)CCCN=C1NS(=O)(=O)c2ccccc21. The van der Waals surface area contributed by atoms with Gasteiger partial charge in [-0.1, -0.05) is 12.1 Å². The van der Waals surface area contributed by atoms with Gasteiger partial charge in [0.2, 0.25) is 5.91 Å². The largest absolute Gasteiger partial charge is 0.352 e. The van der Waals surface area contributed by atoms with Gasteiger partial charge in [0.05, 0.1) is 4.90 Å². The minimum atomic E-state index is -3.50. The van der Waals surface area contributed by atoms with E-state index in [1.807, 2.05) is 6.92 Å². The molecule has 0 spiro atoms. The maximum atomic E-state index is 11.9. The summed E-state index contributed by atoms with van der Waals surface area (Å²) in [6.07, 6.45) is 0.867. The number of fused-ring (bicyclic) bond motifs is 1. The van der Waals surface area contributed by atoms with Gasteiger partial charge in [-0.25, -0.2) is 8.42 Å². The number of rotatable bonds is 6. The van der Waals surface area contributed by atoms with Crippen LogP contribution < -0.4 is 15.8 Å². The number of aliphatic imine (C=N–C) groups is 1. The smallest absolute Gasteiger partial charge is 0.263 e. The summed E-state index contributed by atoms with van der Waals surface area (Å²) in [7, 11) is -3.50. The molecule has 0 fully saturated rings. The lowest BCUT2D eigenvalue weighted by molar-refractivity contribution is -0.121. The number of hydrogen-bond acceptors (Lipinski definition) is 5. The summed E-state index contributed by atoms with van der Waals surface area (Å²) in [5, 5.41) is 2.76. The molecule has 7 nitrogen and oxygen atoms in total. The quantitative estimate of drug-likeness (QED) is 0.637. The van der Waals surface area contributed by atoms with Crippen molar-refractivity contribution in [2.45, 2.75) is 30.7 Å². The molecule has 1 atom stereocenters. The number of nitrogens with zero attached hydrogens (tertiary/aromatic N) is 1. The van der Waals surface area contributed by atoms with Gasteiger partial charge in [-0.3, -0.25) is 14.5 Å². The first-order valence-electron chi connectivity index (χ1n) is 7.10. The number of carbonyl (C=O) groups excluding carboxylic acids is 1. The molecule has 0 radical (unpaired) electrons. The zero-order valence-electron chi connectivity index (χ0n) is 12.4. The second-order valence-electron chi connectivity index (χ2n) is 5.14. The van der Waals surface area contributed by atoms with E-state index in [2.05, 4.69) is 15.0 Å². The Morgan fingerprint density at radius 1 is 1.41 bits per heavy atom. The van der Waals surface area contributed by atoms with Gasteiger partial charge in [-0.2, -0.15) is 0 Å². The molecule has 1 aliphatic heterocycles. The summed E-state index contributed by atoms with van der Waals surface area (Å²) in [6.45, 7) is 2.60. The number of hydrogen-bond donors (Lipinski definition) is 3. The fraction of sp³-hybridized carbons (Fsp3) is 0.429. The molecule has 8 heteroatoms. The molecule has 2 rings (SSSR count). The van der Waals surface area contributed by atoms with E-state index in [0.29, 0.717) is 37.3 Å². The fourth-order valence-corrected chi connectivity index (χ4v) is 3.34. The Morgan fingerprint density at radius 2 is 2.14 bits per heavy atom. The van der Waals surface area contributed by atoms with Gasteiger partial charge in [0.25, 0.3) is 10.0 Å². The molecule has 0 bridgehead atoms. The molecule has 1 aromatic rings. The second kappa shape index (κ2) is 6.89. The third kappa shape index (κ3) is 3.83. The minimum Gasteiger partial charge on any atom is -0.352 e. The summed E-state index contributed by atoms with van der Waals surface area (Å²) in [5.41, 5.74) is 6.00. The highest BCUT2D eigenvalue weighted by Gasteiger charge is 2.29. The third-order valence-corrected chi connectivity index (χ3v) is 4.65. The summed E-state index contributed by atoms with van der Waals surface area (Å²) >= 11 is 0. The molecule has 4 N–H and O–H groups in total. The lowest BCUT2D eigenvalue weighted by Gasteiger charge is -2.10.